The summed E-state index contributed by atoms with van der Waals surface area (Å²) in [5.41, 5.74) is 5.41. The zero-order chi connectivity index (χ0) is 7.44. The molecule has 1 atom stereocenters. The fourth-order valence-electron chi connectivity index (χ4n) is 0.639. The predicted molar refractivity (Wildman–Crippen MR) is 37.8 cm³/mol. The Morgan fingerprint density at radius 1 is 1.67 bits per heavy atom. The van der Waals surface area contributed by atoms with Crippen molar-refractivity contribution in [3.8, 4) is 0 Å². The second kappa shape index (κ2) is 3.62. The molecule has 9 heavy (non-hydrogen) atoms. The summed E-state index contributed by atoms with van der Waals surface area (Å²) >= 11 is 0. The van der Waals surface area contributed by atoms with Crippen LogP contribution in [0.2, 0.25) is 0 Å². The SMILES string of the molecule is [CH2]C(=O)[C@@H](N)CC(C)C. The van der Waals surface area contributed by atoms with E-state index in [1.165, 1.54) is 0 Å². The van der Waals surface area contributed by atoms with Gasteiger partial charge in [-0.05, 0) is 12.3 Å². The number of carbonyl (C=O) groups excluding carboxylic acids is 1. The molecule has 0 rings (SSSR count). The van der Waals surface area contributed by atoms with Crippen molar-refractivity contribution < 1.29 is 4.79 Å². The van der Waals surface area contributed by atoms with Gasteiger partial charge in [0.2, 0.25) is 0 Å². The molecule has 1 radical (unpaired) electrons. The van der Waals surface area contributed by atoms with Gasteiger partial charge in [-0.15, -0.1) is 0 Å². The third-order valence-corrected chi connectivity index (χ3v) is 1.14. The molecule has 0 amide bonds. The molecular weight excluding hydrogens is 114 g/mol. The van der Waals surface area contributed by atoms with Gasteiger partial charge in [0.1, 0.15) is 5.78 Å². The monoisotopic (exact) mass is 128 g/mol. The summed E-state index contributed by atoms with van der Waals surface area (Å²) in [7, 11) is 0. The smallest absolute Gasteiger partial charge is 0.149 e. The molecule has 2 nitrogen and oxygen atoms in total. The van der Waals surface area contributed by atoms with E-state index < -0.39 is 0 Å². The van der Waals surface area contributed by atoms with Gasteiger partial charge in [-0.3, -0.25) is 4.79 Å². The Balaban J connectivity index is 3.50. The quantitative estimate of drug-likeness (QED) is 0.610. The van der Waals surface area contributed by atoms with Gasteiger partial charge in [-0.2, -0.15) is 0 Å². The summed E-state index contributed by atoms with van der Waals surface area (Å²) in [6.45, 7) is 7.29. The lowest BCUT2D eigenvalue weighted by Gasteiger charge is -2.08. The molecule has 0 spiro atoms. The number of hydrogen-bond donors (Lipinski definition) is 1. The molecule has 53 valence electrons. The van der Waals surface area contributed by atoms with Gasteiger partial charge in [-0.1, -0.05) is 13.8 Å². The molecule has 0 aromatic heterocycles. The molecule has 0 aromatic carbocycles. The van der Waals surface area contributed by atoms with Crippen molar-refractivity contribution in [1.82, 2.24) is 0 Å². The van der Waals surface area contributed by atoms with E-state index in [9.17, 15) is 4.79 Å². The van der Waals surface area contributed by atoms with Crippen molar-refractivity contribution in [3.05, 3.63) is 6.92 Å². The second-order valence-corrected chi connectivity index (χ2v) is 2.70. The summed E-state index contributed by atoms with van der Waals surface area (Å²) in [5.74, 6) is 0.314. The van der Waals surface area contributed by atoms with Gasteiger partial charge in [-0.25, -0.2) is 0 Å². The molecule has 0 saturated carbocycles. The molecule has 0 bridgehead atoms. The van der Waals surface area contributed by atoms with Crippen LogP contribution >= 0.6 is 0 Å². The lowest BCUT2D eigenvalue weighted by molar-refractivity contribution is -0.116. The molecule has 0 aliphatic carbocycles. The van der Waals surface area contributed by atoms with Crippen LogP contribution in [0.5, 0.6) is 0 Å². The van der Waals surface area contributed by atoms with Gasteiger partial charge in [0.05, 0.1) is 6.04 Å². The zero-order valence-electron chi connectivity index (χ0n) is 6.05. The number of nitrogens with two attached hydrogens (primary N) is 1. The standard InChI is InChI=1S/C7H14NO/c1-5(2)4-7(8)6(3)9/h5,7H,3-4,8H2,1-2H3/t7-/m0/s1. The number of rotatable bonds is 3. The van der Waals surface area contributed by atoms with E-state index in [1.54, 1.807) is 0 Å². The van der Waals surface area contributed by atoms with E-state index >= 15 is 0 Å². The highest BCUT2D eigenvalue weighted by atomic mass is 16.1. The predicted octanol–water partition coefficient (Wildman–Crippen LogP) is 0.763. The average molecular weight is 128 g/mol. The Bertz CT molecular complexity index is 99.1. The normalized spacial score (nSPS) is 13.9. The second-order valence-electron chi connectivity index (χ2n) is 2.70. The minimum atomic E-state index is -0.356. The Morgan fingerprint density at radius 3 is 2.22 bits per heavy atom. The van der Waals surface area contributed by atoms with E-state index in [1.807, 2.05) is 13.8 Å². The first-order valence-corrected chi connectivity index (χ1v) is 3.15. The van der Waals surface area contributed by atoms with E-state index in [-0.39, 0.29) is 11.8 Å². The minimum absolute atomic E-state index is 0.163. The molecule has 2 heteroatoms. The summed E-state index contributed by atoms with van der Waals surface area (Å²) in [6.07, 6.45) is 0.738. The molecule has 0 aliphatic rings. The third-order valence-electron chi connectivity index (χ3n) is 1.14. The lowest BCUT2D eigenvalue weighted by Crippen LogP contribution is -2.29. The maximum atomic E-state index is 10.4. The van der Waals surface area contributed by atoms with Crippen molar-refractivity contribution in [1.29, 1.82) is 0 Å². The topological polar surface area (TPSA) is 43.1 Å². The van der Waals surface area contributed by atoms with Gasteiger partial charge in [0.25, 0.3) is 0 Å². The number of ketones is 1. The highest BCUT2D eigenvalue weighted by molar-refractivity contribution is 5.87. The highest BCUT2D eigenvalue weighted by Crippen LogP contribution is 2.02. The summed E-state index contributed by atoms with van der Waals surface area (Å²) in [5, 5.41) is 0. The Hall–Kier alpha value is -0.370. The van der Waals surface area contributed by atoms with E-state index in [2.05, 4.69) is 6.92 Å². The third kappa shape index (κ3) is 4.15. The van der Waals surface area contributed by atoms with Crippen LogP contribution in [0.3, 0.4) is 0 Å². The van der Waals surface area contributed by atoms with Crippen LogP contribution in [0.25, 0.3) is 0 Å². The van der Waals surface area contributed by atoms with Crippen molar-refractivity contribution in [2.75, 3.05) is 0 Å². The van der Waals surface area contributed by atoms with Crippen LogP contribution in [0, 0.1) is 12.8 Å². The Labute approximate surface area is 56.4 Å². The van der Waals surface area contributed by atoms with Crippen LogP contribution < -0.4 is 5.73 Å². The lowest BCUT2D eigenvalue weighted by atomic mass is 10.0. The van der Waals surface area contributed by atoms with E-state index in [0.29, 0.717) is 5.92 Å². The van der Waals surface area contributed by atoms with Crippen LogP contribution in [0.15, 0.2) is 0 Å². The molecule has 2 N–H and O–H groups in total. The highest BCUT2D eigenvalue weighted by Gasteiger charge is 2.08. The van der Waals surface area contributed by atoms with Gasteiger partial charge in [0, 0.05) is 6.92 Å². The van der Waals surface area contributed by atoms with Gasteiger partial charge in [0.15, 0.2) is 0 Å². The fourth-order valence-corrected chi connectivity index (χ4v) is 0.639. The molecular formula is C7H14NO. The average Bonchev–Trinajstić information content (AvgIpc) is 1.63. The molecule has 0 aromatic rings. The maximum absolute atomic E-state index is 10.4. The molecule has 0 fully saturated rings. The van der Waals surface area contributed by atoms with Gasteiger partial charge < -0.3 is 5.73 Å². The number of carbonyl (C=O) groups is 1. The van der Waals surface area contributed by atoms with Crippen LogP contribution in [0.1, 0.15) is 20.3 Å². The first kappa shape index (κ1) is 8.63. The van der Waals surface area contributed by atoms with Crippen molar-refractivity contribution in [2.45, 2.75) is 26.3 Å². The Kier molecular flexibility index (Phi) is 3.47. The van der Waals surface area contributed by atoms with E-state index in [4.69, 9.17) is 5.73 Å². The summed E-state index contributed by atoms with van der Waals surface area (Å²) in [4.78, 5) is 10.4. The number of Topliss-reactive ketones (excluding diaryl/α,β-unsaturated/α-hetero) is 1. The van der Waals surface area contributed by atoms with Crippen LogP contribution in [0.4, 0.5) is 0 Å². The van der Waals surface area contributed by atoms with Crippen LogP contribution in [-0.4, -0.2) is 11.8 Å². The van der Waals surface area contributed by atoms with E-state index in [0.717, 1.165) is 6.42 Å². The molecule has 0 unspecified atom stereocenters. The van der Waals surface area contributed by atoms with Crippen molar-refractivity contribution >= 4 is 5.78 Å². The zero-order valence-corrected chi connectivity index (χ0v) is 6.05. The van der Waals surface area contributed by atoms with Crippen molar-refractivity contribution in [2.24, 2.45) is 11.7 Å². The van der Waals surface area contributed by atoms with Crippen molar-refractivity contribution in [3.63, 3.8) is 0 Å². The van der Waals surface area contributed by atoms with Gasteiger partial charge >= 0.3 is 0 Å². The first-order valence-electron chi connectivity index (χ1n) is 3.15. The maximum Gasteiger partial charge on any atom is 0.149 e. The largest absolute Gasteiger partial charge is 0.322 e. The minimum Gasteiger partial charge on any atom is -0.322 e. The molecule has 0 heterocycles. The molecule has 0 saturated heterocycles. The summed E-state index contributed by atoms with van der Waals surface area (Å²) in [6, 6.07) is -0.356. The number of hydrogen-bond acceptors (Lipinski definition) is 2. The molecule has 0 aliphatic heterocycles. The van der Waals surface area contributed by atoms with Crippen LogP contribution in [-0.2, 0) is 4.79 Å². The fraction of sp³-hybridized carbons (Fsp3) is 0.714. The first-order chi connectivity index (χ1) is 4.04. The summed E-state index contributed by atoms with van der Waals surface area (Å²) < 4.78 is 0. The Morgan fingerprint density at radius 2 is 2.11 bits per heavy atom.